The zero-order chi connectivity index (χ0) is 18.2. The third-order valence-electron chi connectivity index (χ3n) is 3.72. The summed E-state index contributed by atoms with van der Waals surface area (Å²) in [4.78, 5) is 11.9. The van der Waals surface area contributed by atoms with Crippen LogP contribution in [0.25, 0.3) is 0 Å². The molecular formula is C19H21Br2N3O. The monoisotopic (exact) mass is 465 g/mol. The van der Waals surface area contributed by atoms with Crippen LogP contribution in [-0.2, 0) is 11.2 Å². The van der Waals surface area contributed by atoms with E-state index < -0.39 is 0 Å². The lowest BCUT2D eigenvalue weighted by Crippen LogP contribution is -2.26. The molecule has 4 nitrogen and oxygen atoms in total. The lowest BCUT2D eigenvalue weighted by Gasteiger charge is -2.09. The van der Waals surface area contributed by atoms with E-state index in [-0.39, 0.29) is 12.5 Å². The van der Waals surface area contributed by atoms with Gasteiger partial charge in [0.1, 0.15) is 0 Å². The molecule has 0 saturated carbocycles. The van der Waals surface area contributed by atoms with Crippen molar-refractivity contribution in [1.29, 1.82) is 0 Å². The van der Waals surface area contributed by atoms with E-state index in [0.29, 0.717) is 0 Å². The first-order valence-corrected chi connectivity index (χ1v) is 9.59. The lowest BCUT2D eigenvalue weighted by molar-refractivity contribution is -0.119. The standard InChI is InChI=1S/C19H21Br2N3O/c1-13(8-9-15-6-4-3-5-7-15)23-24-19(25)12-22-16-10-17(20)14(2)18(21)11-16/h3-7,10-11,22H,8-9,12H2,1-2H3,(H,24,25)/b23-13-. The van der Waals surface area contributed by atoms with Gasteiger partial charge >= 0.3 is 0 Å². The second kappa shape index (κ2) is 9.73. The fourth-order valence-electron chi connectivity index (χ4n) is 2.15. The van der Waals surface area contributed by atoms with Crippen LogP contribution >= 0.6 is 31.9 Å². The number of rotatable bonds is 7. The molecule has 0 heterocycles. The minimum atomic E-state index is -0.174. The van der Waals surface area contributed by atoms with Gasteiger partial charge in [-0.1, -0.05) is 62.2 Å². The molecule has 2 aromatic rings. The molecule has 0 aliphatic carbocycles. The predicted molar refractivity (Wildman–Crippen MR) is 111 cm³/mol. The van der Waals surface area contributed by atoms with Gasteiger partial charge in [-0.3, -0.25) is 4.79 Å². The molecule has 1 amide bonds. The number of hydrogen-bond acceptors (Lipinski definition) is 3. The van der Waals surface area contributed by atoms with Crippen LogP contribution in [0.1, 0.15) is 24.5 Å². The highest BCUT2D eigenvalue weighted by Gasteiger charge is 2.05. The number of amides is 1. The van der Waals surface area contributed by atoms with E-state index in [0.717, 1.165) is 38.7 Å². The van der Waals surface area contributed by atoms with Crippen molar-refractivity contribution in [3.63, 3.8) is 0 Å². The molecule has 0 aromatic heterocycles. The summed E-state index contributed by atoms with van der Waals surface area (Å²) in [6.45, 7) is 4.10. The van der Waals surface area contributed by atoms with Gasteiger partial charge in [-0.15, -0.1) is 0 Å². The maximum absolute atomic E-state index is 11.9. The largest absolute Gasteiger partial charge is 0.376 e. The van der Waals surface area contributed by atoms with Gasteiger partial charge in [-0.25, -0.2) is 5.43 Å². The molecule has 6 heteroatoms. The Kier molecular flexibility index (Phi) is 7.65. The fourth-order valence-corrected chi connectivity index (χ4v) is 3.34. The van der Waals surface area contributed by atoms with Crippen LogP contribution in [0.2, 0.25) is 0 Å². The van der Waals surface area contributed by atoms with Gasteiger partial charge in [0.05, 0.1) is 6.54 Å². The molecule has 0 atom stereocenters. The SMILES string of the molecule is C/C(CCc1ccccc1)=N/NC(=O)CNc1cc(Br)c(C)c(Br)c1. The fraction of sp³-hybridized carbons (Fsp3) is 0.263. The van der Waals surface area contributed by atoms with E-state index >= 15 is 0 Å². The molecule has 2 N–H and O–H groups in total. The van der Waals surface area contributed by atoms with Gasteiger partial charge in [0.2, 0.25) is 0 Å². The Balaban J connectivity index is 1.78. The molecule has 0 unspecified atom stereocenters. The summed E-state index contributed by atoms with van der Waals surface area (Å²) in [7, 11) is 0. The molecule has 0 aliphatic rings. The van der Waals surface area contributed by atoms with E-state index in [1.54, 1.807) is 0 Å². The van der Waals surface area contributed by atoms with Crippen LogP contribution in [0.3, 0.4) is 0 Å². The number of carbonyl (C=O) groups is 1. The average molecular weight is 467 g/mol. The molecule has 0 fully saturated rings. The normalized spacial score (nSPS) is 11.3. The summed E-state index contributed by atoms with van der Waals surface area (Å²) < 4.78 is 1.97. The van der Waals surface area contributed by atoms with Crippen molar-refractivity contribution < 1.29 is 4.79 Å². The van der Waals surface area contributed by atoms with Crippen LogP contribution in [0.5, 0.6) is 0 Å². The second-order valence-electron chi connectivity index (χ2n) is 5.79. The molecule has 0 radical (unpaired) electrons. The third-order valence-corrected chi connectivity index (χ3v) is 5.37. The average Bonchev–Trinajstić information content (AvgIpc) is 2.61. The molecule has 132 valence electrons. The number of hydrazone groups is 1. The van der Waals surface area contributed by atoms with Crippen molar-refractivity contribution in [1.82, 2.24) is 5.43 Å². The van der Waals surface area contributed by atoms with Crippen molar-refractivity contribution >= 4 is 49.2 Å². The van der Waals surface area contributed by atoms with Crippen molar-refractivity contribution in [2.24, 2.45) is 5.10 Å². The van der Waals surface area contributed by atoms with E-state index in [4.69, 9.17) is 0 Å². The first-order chi connectivity index (χ1) is 12.0. The Morgan fingerprint density at radius 2 is 1.76 bits per heavy atom. The predicted octanol–water partition coefficient (Wildman–Crippen LogP) is 5.06. The number of benzene rings is 2. The third kappa shape index (κ3) is 6.63. The molecule has 2 rings (SSSR count). The van der Waals surface area contributed by atoms with E-state index in [1.165, 1.54) is 5.56 Å². The Labute approximate surface area is 165 Å². The van der Waals surface area contributed by atoms with Crippen molar-refractivity contribution in [3.05, 3.63) is 62.5 Å². The van der Waals surface area contributed by atoms with Gasteiger partial charge < -0.3 is 5.32 Å². The molecule has 2 aromatic carbocycles. The molecule has 0 saturated heterocycles. The minimum absolute atomic E-state index is 0.164. The van der Waals surface area contributed by atoms with E-state index in [2.05, 4.69) is 59.8 Å². The summed E-state index contributed by atoms with van der Waals surface area (Å²) in [5.74, 6) is -0.174. The van der Waals surface area contributed by atoms with Crippen molar-refractivity contribution in [3.8, 4) is 0 Å². The Hall–Kier alpha value is -1.66. The van der Waals surface area contributed by atoms with Crippen molar-refractivity contribution in [2.45, 2.75) is 26.7 Å². The van der Waals surface area contributed by atoms with E-state index in [9.17, 15) is 4.79 Å². The Bertz CT molecular complexity index is 738. The van der Waals surface area contributed by atoms with Crippen LogP contribution in [0.4, 0.5) is 5.69 Å². The zero-order valence-corrected chi connectivity index (χ0v) is 17.4. The van der Waals surface area contributed by atoms with Crippen LogP contribution < -0.4 is 10.7 Å². The number of hydrogen-bond donors (Lipinski definition) is 2. The minimum Gasteiger partial charge on any atom is -0.376 e. The van der Waals surface area contributed by atoms with Crippen LogP contribution in [0, 0.1) is 6.92 Å². The smallest absolute Gasteiger partial charge is 0.259 e. The Morgan fingerprint density at radius 3 is 2.40 bits per heavy atom. The molecule has 0 bridgehead atoms. The molecular weight excluding hydrogens is 446 g/mol. The number of aryl methyl sites for hydroxylation is 1. The quantitative estimate of drug-likeness (QED) is 0.442. The molecule has 0 aliphatic heterocycles. The summed E-state index contributed by atoms with van der Waals surface area (Å²) >= 11 is 7.00. The van der Waals surface area contributed by atoms with Crippen molar-refractivity contribution in [2.75, 3.05) is 11.9 Å². The van der Waals surface area contributed by atoms with Gasteiger partial charge in [-0.05, 0) is 49.9 Å². The first-order valence-electron chi connectivity index (χ1n) is 8.01. The Morgan fingerprint density at radius 1 is 1.12 bits per heavy atom. The van der Waals surface area contributed by atoms with Gasteiger partial charge in [0.15, 0.2) is 0 Å². The number of anilines is 1. The van der Waals surface area contributed by atoms with E-state index in [1.807, 2.05) is 44.2 Å². The summed E-state index contributed by atoms with van der Waals surface area (Å²) in [5.41, 5.74) is 6.74. The molecule has 0 spiro atoms. The summed E-state index contributed by atoms with van der Waals surface area (Å²) in [5, 5.41) is 7.25. The number of carbonyl (C=O) groups excluding carboxylic acids is 1. The molecule has 25 heavy (non-hydrogen) atoms. The number of halogens is 2. The van der Waals surface area contributed by atoms with Crippen LogP contribution in [-0.4, -0.2) is 18.2 Å². The first kappa shape index (κ1) is 19.7. The highest BCUT2D eigenvalue weighted by Crippen LogP contribution is 2.28. The number of nitrogens with zero attached hydrogens (tertiary/aromatic N) is 1. The second-order valence-corrected chi connectivity index (χ2v) is 7.49. The summed E-state index contributed by atoms with van der Waals surface area (Å²) in [6.07, 6.45) is 1.73. The number of nitrogens with one attached hydrogen (secondary N) is 2. The highest BCUT2D eigenvalue weighted by molar-refractivity contribution is 9.11. The highest BCUT2D eigenvalue weighted by atomic mass is 79.9. The van der Waals surface area contributed by atoms with Gasteiger partial charge in [-0.2, -0.15) is 5.10 Å². The zero-order valence-electron chi connectivity index (χ0n) is 14.3. The van der Waals surface area contributed by atoms with Crippen LogP contribution in [0.15, 0.2) is 56.5 Å². The maximum Gasteiger partial charge on any atom is 0.259 e. The van der Waals surface area contributed by atoms with Gasteiger partial charge in [0.25, 0.3) is 5.91 Å². The lowest BCUT2D eigenvalue weighted by atomic mass is 10.1. The summed E-state index contributed by atoms with van der Waals surface area (Å²) in [6, 6.07) is 14.1. The topological polar surface area (TPSA) is 53.5 Å². The van der Waals surface area contributed by atoms with Gasteiger partial charge in [0, 0.05) is 20.3 Å². The maximum atomic E-state index is 11.9.